The minimum atomic E-state index is -0.793. The van der Waals surface area contributed by atoms with Gasteiger partial charge in [-0.3, -0.25) is 9.59 Å². The van der Waals surface area contributed by atoms with Crippen LogP contribution in [0.4, 0.5) is 0 Å². The number of carbonyl (C=O) groups is 2. The lowest BCUT2D eigenvalue weighted by Gasteiger charge is -2.30. The Morgan fingerprint density at radius 3 is 2.52 bits per heavy atom. The fraction of sp³-hybridized carbons (Fsp3) is 0.600. The number of hydrogen-bond acceptors (Lipinski definition) is 3. The van der Waals surface area contributed by atoms with E-state index in [0.29, 0.717) is 18.5 Å². The molecule has 2 N–H and O–H groups in total. The summed E-state index contributed by atoms with van der Waals surface area (Å²) in [6.45, 7) is 6.71. The van der Waals surface area contributed by atoms with Crippen molar-refractivity contribution in [1.82, 2.24) is 5.32 Å². The van der Waals surface area contributed by atoms with E-state index in [1.54, 1.807) is 0 Å². The van der Waals surface area contributed by atoms with E-state index >= 15 is 0 Å². The third-order valence-corrected chi connectivity index (χ3v) is 3.87. The summed E-state index contributed by atoms with van der Waals surface area (Å²) in [7, 11) is 0. The molecule has 0 bridgehead atoms. The average Bonchev–Trinajstić information content (AvgIpc) is 2.77. The van der Waals surface area contributed by atoms with Gasteiger partial charge >= 0.3 is 5.97 Å². The predicted octanol–water partition coefficient (Wildman–Crippen LogP) is 3.58. The maximum atomic E-state index is 11.9. The maximum absolute atomic E-state index is 11.9. The van der Waals surface area contributed by atoms with Crippen LogP contribution < -0.4 is 5.32 Å². The second kappa shape index (κ2) is 7.50. The van der Waals surface area contributed by atoms with E-state index in [-0.39, 0.29) is 28.9 Å². The molecule has 6 heteroatoms. The molecule has 0 fully saturated rings. The quantitative estimate of drug-likeness (QED) is 0.806. The van der Waals surface area contributed by atoms with Crippen LogP contribution >= 0.6 is 11.6 Å². The summed E-state index contributed by atoms with van der Waals surface area (Å²) < 4.78 is 4.87. The molecule has 118 valence electrons. The molecule has 1 heterocycles. The lowest BCUT2D eigenvalue weighted by atomic mass is 9.76. The summed E-state index contributed by atoms with van der Waals surface area (Å²) in [6.07, 6.45) is 2.82. The third-order valence-electron chi connectivity index (χ3n) is 3.57. The Kier molecular flexibility index (Phi) is 6.27. The normalized spacial score (nSPS) is 13.0. The van der Waals surface area contributed by atoms with E-state index in [2.05, 4.69) is 26.1 Å². The first-order chi connectivity index (χ1) is 9.71. The van der Waals surface area contributed by atoms with Crippen molar-refractivity contribution >= 4 is 23.5 Å². The van der Waals surface area contributed by atoms with Gasteiger partial charge in [0.1, 0.15) is 0 Å². The van der Waals surface area contributed by atoms with Crippen molar-refractivity contribution in [2.45, 2.75) is 40.0 Å². The Hall–Kier alpha value is -1.49. The zero-order chi connectivity index (χ0) is 16.0. The lowest BCUT2D eigenvalue weighted by molar-refractivity contribution is -0.137. The highest BCUT2D eigenvalue weighted by atomic mass is 35.5. The second-order valence-electron chi connectivity index (χ2n) is 6.15. The second-order valence-corrected chi connectivity index (χ2v) is 6.49. The molecule has 1 amide bonds. The number of rotatable bonds is 7. The number of aliphatic carboxylic acids is 1. The van der Waals surface area contributed by atoms with Crippen LogP contribution in [0.2, 0.25) is 5.22 Å². The summed E-state index contributed by atoms with van der Waals surface area (Å²) in [4.78, 5) is 22.6. The van der Waals surface area contributed by atoms with Gasteiger partial charge < -0.3 is 14.8 Å². The molecular weight excluding hydrogens is 294 g/mol. The van der Waals surface area contributed by atoms with Gasteiger partial charge in [0, 0.05) is 13.0 Å². The maximum Gasteiger partial charge on any atom is 0.303 e. The van der Waals surface area contributed by atoms with Gasteiger partial charge in [0.25, 0.3) is 5.91 Å². The summed E-state index contributed by atoms with van der Waals surface area (Å²) in [5, 5.41) is 11.7. The van der Waals surface area contributed by atoms with Crippen molar-refractivity contribution in [3.63, 3.8) is 0 Å². The summed E-state index contributed by atoms with van der Waals surface area (Å²) in [5.74, 6) is -0.855. The van der Waals surface area contributed by atoms with E-state index in [1.807, 2.05) is 0 Å². The number of carboxylic acid groups (broad SMARTS) is 1. The third kappa shape index (κ3) is 5.79. The molecule has 21 heavy (non-hydrogen) atoms. The molecule has 0 aliphatic carbocycles. The van der Waals surface area contributed by atoms with Crippen molar-refractivity contribution in [2.24, 2.45) is 11.3 Å². The summed E-state index contributed by atoms with van der Waals surface area (Å²) >= 11 is 5.74. The Morgan fingerprint density at radius 1 is 1.38 bits per heavy atom. The molecule has 0 aromatic carbocycles. The average molecular weight is 316 g/mol. The number of hydrogen-bond donors (Lipinski definition) is 2. The highest BCUT2D eigenvalue weighted by molar-refractivity contribution is 6.32. The van der Waals surface area contributed by atoms with E-state index in [9.17, 15) is 9.59 Å². The van der Waals surface area contributed by atoms with Gasteiger partial charge in [-0.05, 0) is 41.8 Å². The largest absolute Gasteiger partial charge is 0.481 e. The van der Waals surface area contributed by atoms with Gasteiger partial charge in [0.15, 0.2) is 0 Å². The lowest BCUT2D eigenvalue weighted by Crippen LogP contribution is -2.29. The number of amides is 1. The number of nitrogens with one attached hydrogen (secondary N) is 1. The Labute approximate surface area is 129 Å². The molecule has 0 saturated heterocycles. The number of furan rings is 1. The van der Waals surface area contributed by atoms with Gasteiger partial charge in [-0.1, -0.05) is 20.8 Å². The highest BCUT2D eigenvalue weighted by Crippen LogP contribution is 2.32. The molecule has 0 radical (unpaired) electrons. The van der Waals surface area contributed by atoms with Gasteiger partial charge in [-0.25, -0.2) is 0 Å². The zero-order valence-electron chi connectivity index (χ0n) is 12.6. The van der Waals surface area contributed by atoms with Gasteiger partial charge in [-0.15, -0.1) is 0 Å². The molecule has 0 aliphatic rings. The molecule has 1 aromatic rings. The minimum absolute atomic E-state index is 0.00649. The fourth-order valence-electron chi connectivity index (χ4n) is 2.22. The van der Waals surface area contributed by atoms with Crippen LogP contribution in [-0.4, -0.2) is 23.5 Å². The zero-order valence-corrected chi connectivity index (χ0v) is 13.4. The van der Waals surface area contributed by atoms with Crippen molar-refractivity contribution in [1.29, 1.82) is 0 Å². The molecule has 1 aromatic heterocycles. The minimum Gasteiger partial charge on any atom is -0.481 e. The Balaban J connectivity index is 2.48. The Morgan fingerprint density at radius 2 is 2.05 bits per heavy atom. The van der Waals surface area contributed by atoms with Crippen molar-refractivity contribution in [3.8, 4) is 0 Å². The molecule has 5 nitrogen and oxygen atoms in total. The highest BCUT2D eigenvalue weighted by Gasteiger charge is 2.25. The van der Waals surface area contributed by atoms with Crippen molar-refractivity contribution in [3.05, 3.63) is 23.1 Å². The summed E-state index contributed by atoms with van der Waals surface area (Å²) in [6, 6.07) is 1.52. The molecular formula is C15H22ClNO4. The SMILES string of the molecule is CC(C)(C)C(CCNC(=O)c1ccoc1Cl)CCC(=O)O. The van der Waals surface area contributed by atoms with E-state index in [0.717, 1.165) is 6.42 Å². The topological polar surface area (TPSA) is 79.5 Å². The number of halogens is 1. The van der Waals surface area contributed by atoms with Crippen molar-refractivity contribution in [2.75, 3.05) is 6.54 Å². The molecule has 1 rings (SSSR count). The molecule has 0 aliphatic heterocycles. The predicted molar refractivity (Wildman–Crippen MR) is 80.5 cm³/mol. The molecule has 0 spiro atoms. The first kappa shape index (κ1) is 17.6. The van der Waals surface area contributed by atoms with Gasteiger partial charge in [0.2, 0.25) is 5.22 Å². The van der Waals surface area contributed by atoms with Crippen LogP contribution in [-0.2, 0) is 4.79 Å². The van der Waals surface area contributed by atoms with E-state index in [4.69, 9.17) is 21.1 Å². The standard InChI is InChI=1S/C15H22ClNO4/c1-15(2,3)10(4-5-12(18)19)6-8-17-14(20)11-7-9-21-13(11)16/h7,9-10H,4-6,8H2,1-3H3,(H,17,20)(H,18,19). The summed E-state index contributed by atoms with van der Waals surface area (Å²) in [5.41, 5.74) is 0.308. The first-order valence-electron chi connectivity index (χ1n) is 6.94. The smallest absolute Gasteiger partial charge is 0.303 e. The molecule has 0 saturated carbocycles. The molecule has 1 unspecified atom stereocenters. The van der Waals surface area contributed by atoms with Crippen LogP contribution in [0.3, 0.4) is 0 Å². The Bertz CT molecular complexity index is 490. The molecule has 1 atom stereocenters. The monoisotopic (exact) mass is 315 g/mol. The van der Waals surface area contributed by atoms with Crippen molar-refractivity contribution < 1.29 is 19.1 Å². The number of carbonyl (C=O) groups excluding carboxylic acids is 1. The number of carboxylic acids is 1. The van der Waals surface area contributed by atoms with Crippen LogP contribution in [0, 0.1) is 11.3 Å². The van der Waals surface area contributed by atoms with Gasteiger partial charge in [-0.2, -0.15) is 0 Å². The fourth-order valence-corrected chi connectivity index (χ4v) is 2.42. The van der Waals surface area contributed by atoms with Gasteiger partial charge in [0.05, 0.1) is 11.8 Å². The van der Waals surface area contributed by atoms with E-state index in [1.165, 1.54) is 12.3 Å². The van der Waals surface area contributed by atoms with Crippen LogP contribution in [0.25, 0.3) is 0 Å². The first-order valence-corrected chi connectivity index (χ1v) is 7.32. The van der Waals surface area contributed by atoms with Crippen LogP contribution in [0.15, 0.2) is 16.7 Å². The van der Waals surface area contributed by atoms with Crippen LogP contribution in [0.1, 0.15) is 50.4 Å². The van der Waals surface area contributed by atoms with E-state index < -0.39 is 5.97 Å². The van der Waals surface area contributed by atoms with Crippen LogP contribution in [0.5, 0.6) is 0 Å².